The summed E-state index contributed by atoms with van der Waals surface area (Å²) in [6.07, 6.45) is 0. The van der Waals surface area contributed by atoms with Crippen LogP contribution in [-0.2, 0) is 0 Å². The number of anilines is 3. The summed E-state index contributed by atoms with van der Waals surface area (Å²) < 4.78 is 0. The molecule has 0 bridgehead atoms. The van der Waals surface area contributed by atoms with Crippen LogP contribution in [-0.4, -0.2) is 9.97 Å². The summed E-state index contributed by atoms with van der Waals surface area (Å²) in [5.41, 5.74) is 8.70. The molecule has 0 spiro atoms. The van der Waals surface area contributed by atoms with Gasteiger partial charge in [0.15, 0.2) is 0 Å². The topological polar surface area (TPSA) is 63.8 Å². The SMILES string of the molecule is Cc1cccc(Cl)c1Nc1nc(C(C)C)nc(N)c1C. The molecule has 106 valence electrons. The van der Waals surface area contributed by atoms with E-state index in [9.17, 15) is 0 Å². The molecular formula is C15H19ClN4. The Morgan fingerprint density at radius 1 is 1.20 bits per heavy atom. The number of hydrogen-bond acceptors (Lipinski definition) is 4. The lowest BCUT2D eigenvalue weighted by Crippen LogP contribution is -2.08. The van der Waals surface area contributed by atoms with E-state index in [2.05, 4.69) is 15.3 Å². The van der Waals surface area contributed by atoms with Gasteiger partial charge < -0.3 is 11.1 Å². The molecule has 4 nitrogen and oxygen atoms in total. The Morgan fingerprint density at radius 3 is 2.50 bits per heavy atom. The fourth-order valence-electron chi connectivity index (χ4n) is 1.84. The van der Waals surface area contributed by atoms with Crippen LogP contribution in [0.2, 0.25) is 5.02 Å². The number of aromatic nitrogens is 2. The number of hydrogen-bond donors (Lipinski definition) is 2. The third-order valence-corrected chi connectivity index (χ3v) is 3.50. The minimum absolute atomic E-state index is 0.214. The second kappa shape index (κ2) is 5.67. The van der Waals surface area contributed by atoms with Crippen molar-refractivity contribution >= 4 is 28.9 Å². The van der Waals surface area contributed by atoms with Crippen LogP contribution in [0.15, 0.2) is 18.2 Å². The Labute approximate surface area is 124 Å². The summed E-state index contributed by atoms with van der Waals surface area (Å²) in [4.78, 5) is 8.86. The van der Waals surface area contributed by atoms with Crippen molar-refractivity contribution in [2.24, 2.45) is 0 Å². The van der Waals surface area contributed by atoms with E-state index in [-0.39, 0.29) is 5.92 Å². The van der Waals surface area contributed by atoms with Gasteiger partial charge in [0.2, 0.25) is 0 Å². The lowest BCUT2D eigenvalue weighted by molar-refractivity contribution is 0.776. The van der Waals surface area contributed by atoms with E-state index in [4.69, 9.17) is 17.3 Å². The maximum atomic E-state index is 6.24. The normalized spacial score (nSPS) is 10.9. The van der Waals surface area contributed by atoms with E-state index in [1.807, 2.05) is 45.9 Å². The smallest absolute Gasteiger partial charge is 0.139 e. The predicted octanol–water partition coefficient (Wildman–Crippen LogP) is 4.20. The largest absolute Gasteiger partial charge is 0.383 e. The fraction of sp³-hybridized carbons (Fsp3) is 0.333. The third-order valence-electron chi connectivity index (χ3n) is 3.18. The van der Waals surface area contributed by atoms with Crippen LogP contribution in [0.4, 0.5) is 17.3 Å². The number of aryl methyl sites for hydroxylation is 1. The highest BCUT2D eigenvalue weighted by atomic mass is 35.5. The van der Waals surface area contributed by atoms with E-state index in [1.54, 1.807) is 0 Å². The van der Waals surface area contributed by atoms with Gasteiger partial charge in [0, 0.05) is 11.5 Å². The lowest BCUT2D eigenvalue weighted by atomic mass is 10.1. The first-order valence-electron chi connectivity index (χ1n) is 6.56. The minimum Gasteiger partial charge on any atom is -0.383 e. The first-order valence-corrected chi connectivity index (χ1v) is 6.94. The highest BCUT2D eigenvalue weighted by molar-refractivity contribution is 6.33. The molecule has 20 heavy (non-hydrogen) atoms. The Kier molecular flexibility index (Phi) is 4.14. The van der Waals surface area contributed by atoms with Crippen molar-refractivity contribution < 1.29 is 0 Å². The molecule has 1 aromatic heterocycles. The second-order valence-corrected chi connectivity index (χ2v) is 5.56. The van der Waals surface area contributed by atoms with Crippen molar-refractivity contribution in [2.75, 3.05) is 11.1 Å². The molecule has 2 aromatic rings. The van der Waals surface area contributed by atoms with Crippen molar-refractivity contribution in [3.63, 3.8) is 0 Å². The monoisotopic (exact) mass is 290 g/mol. The number of rotatable bonds is 3. The van der Waals surface area contributed by atoms with Crippen molar-refractivity contribution in [3.8, 4) is 0 Å². The van der Waals surface area contributed by atoms with E-state index in [1.165, 1.54) is 0 Å². The summed E-state index contributed by atoms with van der Waals surface area (Å²) in [7, 11) is 0. The molecule has 0 radical (unpaired) electrons. The first kappa shape index (κ1) is 14.6. The molecule has 5 heteroatoms. The van der Waals surface area contributed by atoms with Gasteiger partial charge in [-0.25, -0.2) is 9.97 Å². The molecule has 0 saturated carbocycles. The van der Waals surface area contributed by atoms with Crippen LogP contribution in [0.1, 0.15) is 36.7 Å². The molecular weight excluding hydrogens is 272 g/mol. The number of nitrogens with one attached hydrogen (secondary N) is 1. The summed E-state index contributed by atoms with van der Waals surface area (Å²) in [5.74, 6) is 2.14. The van der Waals surface area contributed by atoms with Gasteiger partial charge in [0.05, 0.1) is 10.7 Å². The standard InChI is InChI=1S/C15H19ClN4/c1-8(2)14-19-13(17)10(4)15(20-14)18-12-9(3)6-5-7-11(12)16/h5-8H,1-4H3,(H3,17,18,19,20). The Morgan fingerprint density at radius 2 is 1.90 bits per heavy atom. The number of para-hydroxylation sites is 1. The molecule has 3 N–H and O–H groups in total. The van der Waals surface area contributed by atoms with E-state index < -0.39 is 0 Å². The second-order valence-electron chi connectivity index (χ2n) is 5.15. The summed E-state index contributed by atoms with van der Waals surface area (Å²) in [6.45, 7) is 7.97. The summed E-state index contributed by atoms with van der Waals surface area (Å²) in [5, 5.41) is 3.94. The maximum absolute atomic E-state index is 6.24. The number of benzene rings is 1. The van der Waals surface area contributed by atoms with Gasteiger partial charge in [0.1, 0.15) is 17.5 Å². The average molecular weight is 291 g/mol. The third kappa shape index (κ3) is 2.85. The zero-order valence-electron chi connectivity index (χ0n) is 12.2. The number of nitrogens with zero attached hydrogens (tertiary/aromatic N) is 2. The van der Waals surface area contributed by atoms with Crippen molar-refractivity contribution in [2.45, 2.75) is 33.6 Å². The molecule has 0 aliphatic rings. The quantitative estimate of drug-likeness (QED) is 0.889. The van der Waals surface area contributed by atoms with Gasteiger partial charge in [-0.3, -0.25) is 0 Å². The van der Waals surface area contributed by atoms with Crippen LogP contribution >= 0.6 is 11.6 Å². The zero-order chi connectivity index (χ0) is 14.9. The Bertz CT molecular complexity index is 618. The Hall–Kier alpha value is -1.81. The van der Waals surface area contributed by atoms with Crippen molar-refractivity contribution in [3.05, 3.63) is 40.2 Å². The van der Waals surface area contributed by atoms with Crippen LogP contribution in [0.5, 0.6) is 0 Å². The first-order chi connectivity index (χ1) is 9.40. The van der Waals surface area contributed by atoms with Gasteiger partial charge in [-0.05, 0) is 25.5 Å². The highest BCUT2D eigenvalue weighted by Crippen LogP contribution is 2.30. The molecule has 1 heterocycles. The summed E-state index contributed by atoms with van der Waals surface area (Å²) in [6, 6.07) is 5.77. The molecule has 0 amide bonds. The lowest BCUT2D eigenvalue weighted by Gasteiger charge is -2.15. The molecule has 0 saturated heterocycles. The zero-order valence-corrected chi connectivity index (χ0v) is 12.9. The van der Waals surface area contributed by atoms with Crippen LogP contribution in [0.25, 0.3) is 0 Å². The van der Waals surface area contributed by atoms with E-state index in [0.29, 0.717) is 16.7 Å². The van der Waals surface area contributed by atoms with Gasteiger partial charge >= 0.3 is 0 Å². The maximum Gasteiger partial charge on any atom is 0.139 e. The molecule has 0 aliphatic carbocycles. The van der Waals surface area contributed by atoms with Crippen LogP contribution in [0.3, 0.4) is 0 Å². The molecule has 2 rings (SSSR count). The van der Waals surface area contributed by atoms with E-state index >= 15 is 0 Å². The van der Waals surface area contributed by atoms with Gasteiger partial charge in [0.25, 0.3) is 0 Å². The number of nitrogen functional groups attached to an aromatic ring is 1. The van der Waals surface area contributed by atoms with Crippen LogP contribution < -0.4 is 11.1 Å². The number of halogens is 1. The molecule has 1 aromatic carbocycles. The Balaban J connectivity index is 2.48. The van der Waals surface area contributed by atoms with Crippen LogP contribution in [0, 0.1) is 13.8 Å². The average Bonchev–Trinajstić information content (AvgIpc) is 2.38. The van der Waals surface area contributed by atoms with Crippen molar-refractivity contribution in [1.29, 1.82) is 0 Å². The predicted molar refractivity (Wildman–Crippen MR) is 84.7 cm³/mol. The molecule has 0 fully saturated rings. The minimum atomic E-state index is 0.214. The highest BCUT2D eigenvalue weighted by Gasteiger charge is 2.13. The summed E-state index contributed by atoms with van der Waals surface area (Å²) >= 11 is 6.24. The fourth-order valence-corrected chi connectivity index (χ4v) is 2.11. The van der Waals surface area contributed by atoms with Gasteiger partial charge in [-0.1, -0.05) is 37.6 Å². The number of nitrogens with two attached hydrogens (primary N) is 1. The molecule has 0 aliphatic heterocycles. The van der Waals surface area contributed by atoms with E-state index in [0.717, 1.165) is 22.6 Å². The van der Waals surface area contributed by atoms with Gasteiger partial charge in [-0.15, -0.1) is 0 Å². The van der Waals surface area contributed by atoms with Crippen molar-refractivity contribution in [1.82, 2.24) is 9.97 Å². The molecule has 0 atom stereocenters. The van der Waals surface area contributed by atoms with Gasteiger partial charge in [-0.2, -0.15) is 0 Å². The molecule has 0 unspecified atom stereocenters.